The number of phosphoric acid groups is 1. The van der Waals surface area contributed by atoms with Crippen LogP contribution in [0.15, 0.2) is 12.2 Å². The maximum absolute atomic E-state index is 12.1. The van der Waals surface area contributed by atoms with Crippen LogP contribution < -0.4 is 5.32 Å². The topological polar surface area (TPSA) is 169 Å². The summed E-state index contributed by atoms with van der Waals surface area (Å²) >= 11 is 0. The van der Waals surface area contributed by atoms with Gasteiger partial charge in [0.05, 0.1) is 13.2 Å². The van der Waals surface area contributed by atoms with Crippen molar-refractivity contribution in [2.24, 2.45) is 0 Å². The molecular weight excluding hydrogens is 673 g/mol. The molecule has 0 aliphatic carbocycles. The first-order valence-electron chi connectivity index (χ1n) is 20.2. The molecule has 3 atom stereocenters. The van der Waals surface area contributed by atoms with Gasteiger partial charge in [-0.05, 0) is 38.5 Å². The Morgan fingerprint density at radius 3 is 1.51 bits per heavy atom. The highest BCUT2D eigenvalue weighted by Gasteiger charge is 2.28. The molecule has 0 spiro atoms. The smallest absolute Gasteiger partial charge is 0.472 e. The lowest BCUT2D eigenvalue weighted by atomic mass is 10.0. The number of aliphatic hydroxyl groups is 1. The van der Waals surface area contributed by atoms with Crippen molar-refractivity contribution in [1.82, 2.24) is 5.32 Å². The maximum Gasteiger partial charge on any atom is 0.472 e. The van der Waals surface area contributed by atoms with E-state index in [4.69, 9.17) is 13.8 Å². The molecule has 0 aromatic heterocycles. The van der Waals surface area contributed by atoms with Crippen molar-refractivity contribution >= 4 is 25.7 Å². The third kappa shape index (κ3) is 35.0. The molecule has 0 fully saturated rings. The zero-order chi connectivity index (χ0) is 37.8. The molecule has 0 heterocycles. The number of aliphatic hydroxyl groups excluding tert-OH is 1. The first-order chi connectivity index (χ1) is 24.6. The van der Waals surface area contributed by atoms with Crippen LogP contribution in [0.2, 0.25) is 0 Å². The Hall–Kier alpha value is -1.78. The number of phosphoric ester groups is 1. The molecule has 12 heteroatoms. The number of carbonyl (C=O) groups is 3. The number of hydrogen-bond acceptors (Lipinski definition) is 8. The summed E-state index contributed by atoms with van der Waals surface area (Å²) in [6.45, 7) is 2.41. The first kappa shape index (κ1) is 49.2. The summed E-state index contributed by atoms with van der Waals surface area (Å²) < 4.78 is 26.6. The fraction of sp³-hybridized carbons (Fsp3) is 0.872. The van der Waals surface area contributed by atoms with E-state index < -0.39 is 57.6 Å². The molecule has 0 aliphatic heterocycles. The molecule has 3 unspecified atom stereocenters. The molecule has 0 bridgehead atoms. The molecule has 300 valence electrons. The third-order valence-corrected chi connectivity index (χ3v) is 9.76. The Bertz CT molecular complexity index is 932. The standard InChI is InChI=1S/C39H74NO10P/c1-3-5-7-9-10-11-12-13-14-15-16-17-18-19-20-21-22-23-24-25-26-27-29-31-38(43)48-32-35(41)33-49-51(46,47)50-34-36(39(44)45)40-37(42)30-28-8-6-4-2/h13-14,35-36,41H,3-12,15-34H2,1-2H3,(H,40,42)(H,44,45)(H,46,47)/b14-13+. The normalized spacial score (nSPS) is 14.0. The Morgan fingerprint density at radius 1 is 0.608 bits per heavy atom. The predicted molar refractivity (Wildman–Crippen MR) is 203 cm³/mol. The molecule has 0 saturated heterocycles. The van der Waals surface area contributed by atoms with Crippen molar-refractivity contribution in [3.63, 3.8) is 0 Å². The number of allylic oxidation sites excluding steroid dienone is 2. The van der Waals surface area contributed by atoms with Crippen LogP contribution in [-0.2, 0) is 32.7 Å². The van der Waals surface area contributed by atoms with Gasteiger partial charge in [0.25, 0.3) is 0 Å². The van der Waals surface area contributed by atoms with Crippen LogP contribution in [0.3, 0.4) is 0 Å². The summed E-state index contributed by atoms with van der Waals surface area (Å²) in [6.07, 6.45) is 33.4. The molecular formula is C39H74NO10P. The minimum absolute atomic E-state index is 0.139. The summed E-state index contributed by atoms with van der Waals surface area (Å²) in [4.78, 5) is 45.2. The van der Waals surface area contributed by atoms with E-state index in [1.54, 1.807) is 0 Å². The summed E-state index contributed by atoms with van der Waals surface area (Å²) in [5.41, 5.74) is 0. The average Bonchev–Trinajstić information content (AvgIpc) is 3.10. The minimum Gasteiger partial charge on any atom is -0.480 e. The van der Waals surface area contributed by atoms with Gasteiger partial charge in [0.2, 0.25) is 5.91 Å². The number of aliphatic carboxylic acids is 1. The van der Waals surface area contributed by atoms with Crippen molar-refractivity contribution in [2.75, 3.05) is 19.8 Å². The van der Waals surface area contributed by atoms with E-state index in [1.807, 2.05) is 6.92 Å². The van der Waals surface area contributed by atoms with Crippen LogP contribution in [-0.4, -0.2) is 64.9 Å². The Kier molecular flexibility index (Phi) is 34.0. The highest BCUT2D eigenvalue weighted by atomic mass is 31.2. The van der Waals surface area contributed by atoms with Crippen LogP contribution >= 0.6 is 7.82 Å². The van der Waals surface area contributed by atoms with Gasteiger partial charge in [0.1, 0.15) is 12.7 Å². The number of carbonyl (C=O) groups excluding carboxylic acids is 2. The van der Waals surface area contributed by atoms with Crippen molar-refractivity contribution in [3.8, 4) is 0 Å². The summed E-state index contributed by atoms with van der Waals surface area (Å²) in [7, 11) is -4.73. The van der Waals surface area contributed by atoms with Crippen molar-refractivity contribution in [3.05, 3.63) is 12.2 Å². The predicted octanol–water partition coefficient (Wildman–Crippen LogP) is 9.72. The quantitative estimate of drug-likeness (QED) is 0.0206. The van der Waals surface area contributed by atoms with E-state index in [0.29, 0.717) is 12.8 Å². The average molecular weight is 748 g/mol. The molecule has 4 N–H and O–H groups in total. The second-order valence-electron chi connectivity index (χ2n) is 13.8. The molecule has 0 aromatic rings. The van der Waals surface area contributed by atoms with E-state index in [9.17, 15) is 34.1 Å². The van der Waals surface area contributed by atoms with Gasteiger partial charge in [-0.1, -0.05) is 148 Å². The van der Waals surface area contributed by atoms with Crippen LogP contribution in [0.25, 0.3) is 0 Å². The SMILES string of the molecule is CCCCCCCC/C=C/CCCCCCCCCCCCCCCC(=O)OCC(O)COP(=O)(O)OCC(NC(=O)CCCCCC)C(=O)O. The van der Waals surface area contributed by atoms with Gasteiger partial charge in [-0.15, -0.1) is 0 Å². The van der Waals surface area contributed by atoms with Crippen LogP contribution in [0.5, 0.6) is 0 Å². The summed E-state index contributed by atoms with van der Waals surface area (Å²) in [5.74, 6) is -2.39. The number of amides is 1. The largest absolute Gasteiger partial charge is 0.480 e. The van der Waals surface area contributed by atoms with Gasteiger partial charge in [0, 0.05) is 12.8 Å². The summed E-state index contributed by atoms with van der Waals surface area (Å²) in [6, 6.07) is -1.54. The fourth-order valence-corrected chi connectivity index (χ4v) is 6.38. The lowest BCUT2D eigenvalue weighted by molar-refractivity contribution is -0.147. The van der Waals surface area contributed by atoms with Gasteiger partial charge < -0.3 is 25.2 Å². The Morgan fingerprint density at radius 2 is 1.02 bits per heavy atom. The van der Waals surface area contributed by atoms with E-state index in [1.165, 1.54) is 109 Å². The number of rotatable bonds is 38. The molecule has 0 saturated carbocycles. The number of ether oxygens (including phenoxy) is 1. The van der Waals surface area contributed by atoms with Crippen molar-refractivity contribution in [2.45, 2.75) is 199 Å². The molecule has 1 amide bonds. The Balaban J connectivity index is 3.70. The van der Waals surface area contributed by atoms with Gasteiger partial charge in [-0.25, -0.2) is 9.36 Å². The zero-order valence-electron chi connectivity index (χ0n) is 32.2. The van der Waals surface area contributed by atoms with Gasteiger partial charge in [-0.2, -0.15) is 0 Å². The van der Waals surface area contributed by atoms with E-state index >= 15 is 0 Å². The first-order valence-corrected chi connectivity index (χ1v) is 21.7. The Labute approximate surface area is 309 Å². The second-order valence-corrected chi connectivity index (χ2v) is 15.3. The molecule has 0 rings (SSSR count). The van der Waals surface area contributed by atoms with Gasteiger partial charge in [-0.3, -0.25) is 18.6 Å². The molecule has 0 aromatic carbocycles. The highest BCUT2D eigenvalue weighted by Crippen LogP contribution is 2.43. The third-order valence-electron chi connectivity index (χ3n) is 8.80. The van der Waals surface area contributed by atoms with E-state index in [0.717, 1.165) is 38.5 Å². The molecule has 0 radical (unpaired) electrons. The fourth-order valence-electron chi connectivity index (χ4n) is 5.60. The number of carboxylic acids is 1. The molecule has 51 heavy (non-hydrogen) atoms. The number of nitrogens with one attached hydrogen (secondary N) is 1. The lowest BCUT2D eigenvalue weighted by Crippen LogP contribution is -2.43. The van der Waals surface area contributed by atoms with Crippen LogP contribution in [0.1, 0.15) is 187 Å². The molecule has 0 aliphatic rings. The number of esters is 1. The monoisotopic (exact) mass is 748 g/mol. The zero-order valence-corrected chi connectivity index (χ0v) is 33.1. The number of hydrogen-bond donors (Lipinski definition) is 4. The molecule has 11 nitrogen and oxygen atoms in total. The highest BCUT2D eigenvalue weighted by molar-refractivity contribution is 7.47. The van der Waals surface area contributed by atoms with Gasteiger partial charge in [0.15, 0.2) is 6.04 Å². The minimum atomic E-state index is -4.73. The van der Waals surface area contributed by atoms with E-state index in [-0.39, 0.29) is 12.8 Å². The van der Waals surface area contributed by atoms with Crippen LogP contribution in [0, 0.1) is 0 Å². The van der Waals surface area contributed by atoms with Crippen molar-refractivity contribution in [1.29, 1.82) is 0 Å². The lowest BCUT2D eigenvalue weighted by Gasteiger charge is -2.18. The number of carboxylic acid groups (broad SMARTS) is 1. The van der Waals surface area contributed by atoms with E-state index in [2.05, 4.69) is 24.4 Å². The van der Waals surface area contributed by atoms with Crippen molar-refractivity contribution < 1.29 is 47.8 Å². The van der Waals surface area contributed by atoms with Crippen LogP contribution in [0.4, 0.5) is 0 Å². The number of unbranched alkanes of at least 4 members (excludes halogenated alkanes) is 22. The summed E-state index contributed by atoms with van der Waals surface area (Å²) in [5, 5.41) is 21.5. The maximum atomic E-state index is 12.1. The second kappa shape index (κ2) is 35.3. The van der Waals surface area contributed by atoms with Gasteiger partial charge >= 0.3 is 19.8 Å².